The van der Waals surface area contributed by atoms with Crippen LogP contribution in [0.1, 0.15) is 37.1 Å². The monoisotopic (exact) mass is 303 g/mol. The van der Waals surface area contributed by atoms with Gasteiger partial charge in [-0.15, -0.1) is 5.10 Å². The summed E-state index contributed by atoms with van der Waals surface area (Å²) < 4.78 is 12.9. The summed E-state index contributed by atoms with van der Waals surface area (Å²) in [6.07, 6.45) is 5.86. The molecule has 0 aliphatic heterocycles. The summed E-state index contributed by atoms with van der Waals surface area (Å²) in [7, 11) is 0. The normalized spacial score (nSPS) is 16.4. The molecule has 2 aromatic rings. The second kappa shape index (κ2) is 6.87. The van der Waals surface area contributed by atoms with E-state index in [1.165, 1.54) is 37.0 Å². The Morgan fingerprint density at radius 1 is 1.32 bits per heavy atom. The summed E-state index contributed by atoms with van der Waals surface area (Å²) in [5, 5.41) is 10.2. The molecule has 0 amide bonds. The maximum atomic E-state index is 12.9. The molecule has 0 saturated heterocycles. The Morgan fingerprint density at radius 3 is 2.68 bits per heavy atom. The van der Waals surface area contributed by atoms with Crippen LogP contribution in [0.25, 0.3) is 0 Å². The molecule has 1 aliphatic carbocycles. The van der Waals surface area contributed by atoms with E-state index in [0.29, 0.717) is 12.6 Å². The van der Waals surface area contributed by atoms with Crippen molar-refractivity contribution < 1.29 is 4.39 Å². The Hall–Kier alpha value is -1.95. The Bertz CT molecular complexity index is 591. The van der Waals surface area contributed by atoms with E-state index in [0.717, 1.165) is 24.6 Å². The fourth-order valence-corrected chi connectivity index (χ4v) is 2.94. The van der Waals surface area contributed by atoms with Crippen LogP contribution >= 0.6 is 0 Å². The molecule has 1 saturated carbocycles. The number of aromatic amines is 1. The molecule has 5 nitrogen and oxygen atoms in total. The average Bonchev–Trinajstić information content (AvgIpc) is 2.87. The summed E-state index contributed by atoms with van der Waals surface area (Å²) in [6.45, 7) is 0.648. The Morgan fingerprint density at radius 2 is 2.09 bits per heavy atom. The number of benzene rings is 1. The molecule has 1 atom stereocenters. The summed E-state index contributed by atoms with van der Waals surface area (Å²) in [5.41, 5.74) is 6.69. The van der Waals surface area contributed by atoms with E-state index >= 15 is 0 Å². The number of hydrogen-bond donors (Lipinski definition) is 3. The lowest BCUT2D eigenvalue weighted by Gasteiger charge is -2.34. The van der Waals surface area contributed by atoms with Crippen LogP contribution in [0.3, 0.4) is 0 Å². The second-order valence-electron chi connectivity index (χ2n) is 5.98. The van der Waals surface area contributed by atoms with Crippen molar-refractivity contribution in [3.05, 3.63) is 41.5 Å². The topological polar surface area (TPSA) is 79.6 Å². The molecule has 0 unspecified atom stereocenters. The number of nitrogens with zero attached hydrogens (tertiary/aromatic N) is 2. The van der Waals surface area contributed by atoms with E-state index in [-0.39, 0.29) is 11.8 Å². The largest absolute Gasteiger partial charge is 0.367 e. The third kappa shape index (κ3) is 3.82. The number of aromatic nitrogens is 3. The van der Waals surface area contributed by atoms with Gasteiger partial charge in [-0.3, -0.25) is 5.10 Å². The molecular weight excluding hydrogens is 281 g/mol. The standard InChI is InChI=1S/C16H22FN5/c17-13-7-4-11(5-8-13)6-9-14(12-2-1-3-12)19-10-15-20-16(18)22-21-15/h4-5,7-8,12,14,19H,1-3,6,9-10H2,(H3,18,20,21,22)/t14-/m0/s1. The Balaban J connectivity index is 1.54. The number of H-pyrrole nitrogens is 1. The van der Waals surface area contributed by atoms with Crippen LogP contribution in [0.5, 0.6) is 0 Å². The molecule has 1 aromatic carbocycles. The third-order valence-corrected chi connectivity index (χ3v) is 4.46. The molecule has 1 aromatic heterocycles. The van der Waals surface area contributed by atoms with Crippen molar-refractivity contribution in [3.63, 3.8) is 0 Å². The number of rotatable bonds is 7. The zero-order chi connectivity index (χ0) is 15.4. The van der Waals surface area contributed by atoms with Crippen LogP contribution in [-0.4, -0.2) is 21.2 Å². The average molecular weight is 303 g/mol. The first-order chi connectivity index (χ1) is 10.7. The molecule has 0 bridgehead atoms. The van der Waals surface area contributed by atoms with Gasteiger partial charge in [-0.2, -0.15) is 4.98 Å². The van der Waals surface area contributed by atoms with E-state index in [4.69, 9.17) is 5.73 Å². The van der Waals surface area contributed by atoms with Crippen LogP contribution in [0.4, 0.5) is 10.3 Å². The van der Waals surface area contributed by atoms with Crippen molar-refractivity contribution in [2.24, 2.45) is 5.92 Å². The van der Waals surface area contributed by atoms with E-state index in [1.54, 1.807) is 0 Å². The minimum absolute atomic E-state index is 0.180. The summed E-state index contributed by atoms with van der Waals surface area (Å²) >= 11 is 0. The molecule has 0 radical (unpaired) electrons. The number of halogens is 1. The first kappa shape index (κ1) is 15.0. The van der Waals surface area contributed by atoms with Gasteiger partial charge < -0.3 is 11.1 Å². The number of aryl methyl sites for hydroxylation is 1. The van der Waals surface area contributed by atoms with Gasteiger partial charge in [-0.1, -0.05) is 18.6 Å². The van der Waals surface area contributed by atoms with Gasteiger partial charge in [0.05, 0.1) is 6.54 Å². The van der Waals surface area contributed by atoms with Crippen LogP contribution in [0.15, 0.2) is 24.3 Å². The van der Waals surface area contributed by atoms with Gasteiger partial charge in [0.2, 0.25) is 5.95 Å². The van der Waals surface area contributed by atoms with Gasteiger partial charge in [-0.05, 0) is 49.3 Å². The van der Waals surface area contributed by atoms with Crippen molar-refractivity contribution in [3.8, 4) is 0 Å². The molecule has 3 rings (SSSR count). The molecule has 6 heteroatoms. The van der Waals surface area contributed by atoms with Gasteiger partial charge in [0.25, 0.3) is 0 Å². The highest BCUT2D eigenvalue weighted by atomic mass is 19.1. The van der Waals surface area contributed by atoms with Gasteiger partial charge in [-0.25, -0.2) is 4.39 Å². The molecule has 22 heavy (non-hydrogen) atoms. The summed E-state index contributed by atoms with van der Waals surface area (Å²) in [5.74, 6) is 1.59. The highest BCUT2D eigenvalue weighted by molar-refractivity contribution is 5.16. The van der Waals surface area contributed by atoms with Crippen LogP contribution in [0, 0.1) is 11.7 Å². The van der Waals surface area contributed by atoms with Crippen LogP contribution in [-0.2, 0) is 13.0 Å². The predicted octanol–water partition coefficient (Wildman–Crippen LogP) is 2.42. The summed E-state index contributed by atoms with van der Waals surface area (Å²) in [4.78, 5) is 4.12. The maximum absolute atomic E-state index is 12.9. The van der Waals surface area contributed by atoms with Gasteiger partial charge >= 0.3 is 0 Å². The first-order valence-corrected chi connectivity index (χ1v) is 7.85. The highest BCUT2D eigenvalue weighted by Crippen LogP contribution is 2.31. The van der Waals surface area contributed by atoms with E-state index < -0.39 is 0 Å². The van der Waals surface area contributed by atoms with Crippen molar-refractivity contribution in [1.29, 1.82) is 0 Å². The second-order valence-corrected chi connectivity index (χ2v) is 5.98. The Labute approximate surface area is 129 Å². The van der Waals surface area contributed by atoms with E-state index in [1.807, 2.05) is 12.1 Å². The fraction of sp³-hybridized carbons (Fsp3) is 0.500. The number of hydrogen-bond acceptors (Lipinski definition) is 4. The van der Waals surface area contributed by atoms with E-state index in [2.05, 4.69) is 20.5 Å². The van der Waals surface area contributed by atoms with Crippen molar-refractivity contribution >= 4 is 5.95 Å². The number of nitrogens with two attached hydrogens (primary N) is 1. The lowest BCUT2D eigenvalue weighted by molar-refractivity contribution is 0.217. The zero-order valence-corrected chi connectivity index (χ0v) is 12.6. The van der Waals surface area contributed by atoms with Gasteiger partial charge in [0.1, 0.15) is 11.6 Å². The molecule has 1 fully saturated rings. The quantitative estimate of drug-likeness (QED) is 0.734. The molecule has 0 spiro atoms. The zero-order valence-electron chi connectivity index (χ0n) is 12.6. The van der Waals surface area contributed by atoms with Crippen molar-refractivity contribution in [1.82, 2.24) is 20.5 Å². The molecule has 1 aliphatic rings. The third-order valence-electron chi connectivity index (χ3n) is 4.46. The lowest BCUT2D eigenvalue weighted by atomic mass is 9.78. The van der Waals surface area contributed by atoms with E-state index in [9.17, 15) is 4.39 Å². The first-order valence-electron chi connectivity index (χ1n) is 7.85. The van der Waals surface area contributed by atoms with Crippen LogP contribution < -0.4 is 11.1 Å². The molecule has 4 N–H and O–H groups in total. The Kier molecular flexibility index (Phi) is 4.68. The maximum Gasteiger partial charge on any atom is 0.239 e. The van der Waals surface area contributed by atoms with Crippen molar-refractivity contribution in [2.45, 2.75) is 44.7 Å². The molecular formula is C16H22FN5. The van der Waals surface area contributed by atoms with Crippen LogP contribution in [0.2, 0.25) is 0 Å². The fourth-order valence-electron chi connectivity index (χ4n) is 2.94. The highest BCUT2D eigenvalue weighted by Gasteiger charge is 2.26. The van der Waals surface area contributed by atoms with Crippen molar-refractivity contribution in [2.75, 3.05) is 5.73 Å². The van der Waals surface area contributed by atoms with Gasteiger partial charge in [0, 0.05) is 6.04 Å². The smallest absolute Gasteiger partial charge is 0.239 e. The minimum atomic E-state index is -0.180. The number of nitrogens with one attached hydrogen (secondary N) is 2. The SMILES string of the molecule is Nc1n[nH]c(CN[C@@H](CCc2ccc(F)cc2)C2CCC2)n1. The molecule has 1 heterocycles. The minimum Gasteiger partial charge on any atom is -0.367 e. The summed E-state index contributed by atoms with van der Waals surface area (Å²) in [6, 6.07) is 7.23. The number of nitrogen functional groups attached to an aromatic ring is 1. The number of anilines is 1. The predicted molar refractivity (Wildman–Crippen MR) is 83.5 cm³/mol. The lowest BCUT2D eigenvalue weighted by Crippen LogP contribution is -2.39. The molecule has 118 valence electrons. The van der Waals surface area contributed by atoms with Gasteiger partial charge in [0.15, 0.2) is 0 Å².